The van der Waals surface area contributed by atoms with Crippen LogP contribution >= 0.6 is 0 Å². The minimum absolute atomic E-state index is 0.0948. The molecule has 2 amide bonds. The highest BCUT2D eigenvalue weighted by Gasteiger charge is 2.19. The van der Waals surface area contributed by atoms with Crippen molar-refractivity contribution in [2.45, 2.75) is 25.4 Å². The molecule has 1 N–H and O–H groups in total. The van der Waals surface area contributed by atoms with Crippen LogP contribution in [0.3, 0.4) is 0 Å². The van der Waals surface area contributed by atoms with E-state index in [1.165, 1.54) is 12.1 Å². The zero-order chi connectivity index (χ0) is 14.4. The highest BCUT2D eigenvalue weighted by atomic mass is 19.1. The van der Waals surface area contributed by atoms with E-state index < -0.39 is 0 Å². The van der Waals surface area contributed by atoms with Crippen LogP contribution in [-0.2, 0) is 11.2 Å². The van der Waals surface area contributed by atoms with Crippen LogP contribution in [0.1, 0.15) is 18.4 Å². The Morgan fingerprint density at radius 1 is 1.45 bits per heavy atom. The van der Waals surface area contributed by atoms with Crippen LogP contribution < -0.4 is 5.32 Å². The average molecular weight is 280 g/mol. The van der Waals surface area contributed by atoms with Gasteiger partial charge in [0.25, 0.3) is 0 Å². The molecule has 1 saturated heterocycles. The van der Waals surface area contributed by atoms with Crippen molar-refractivity contribution in [3.63, 3.8) is 0 Å². The minimum atomic E-state index is -0.242. The van der Waals surface area contributed by atoms with Crippen LogP contribution in [0.15, 0.2) is 24.3 Å². The molecular weight excluding hydrogens is 259 g/mol. The van der Waals surface area contributed by atoms with E-state index in [4.69, 9.17) is 4.74 Å². The Balaban J connectivity index is 1.67. The molecule has 0 unspecified atom stereocenters. The second-order valence-electron chi connectivity index (χ2n) is 5.12. The van der Waals surface area contributed by atoms with Gasteiger partial charge in [0.1, 0.15) is 5.82 Å². The molecule has 1 aliphatic heterocycles. The van der Waals surface area contributed by atoms with Gasteiger partial charge in [-0.1, -0.05) is 12.1 Å². The van der Waals surface area contributed by atoms with Crippen LogP contribution in [0.2, 0.25) is 0 Å². The van der Waals surface area contributed by atoms with Crippen molar-refractivity contribution in [2.75, 3.05) is 26.7 Å². The van der Waals surface area contributed by atoms with Crippen molar-refractivity contribution in [3.8, 4) is 0 Å². The number of nitrogens with zero attached hydrogens (tertiary/aromatic N) is 1. The molecule has 0 bridgehead atoms. The first-order valence-corrected chi connectivity index (χ1v) is 7.00. The Morgan fingerprint density at radius 3 is 2.85 bits per heavy atom. The number of urea groups is 1. The van der Waals surface area contributed by atoms with Crippen molar-refractivity contribution in [1.29, 1.82) is 0 Å². The number of benzene rings is 1. The summed E-state index contributed by atoms with van der Waals surface area (Å²) in [4.78, 5) is 13.5. The number of carbonyl (C=O) groups is 1. The van der Waals surface area contributed by atoms with Crippen molar-refractivity contribution < 1.29 is 13.9 Å². The van der Waals surface area contributed by atoms with E-state index in [1.807, 2.05) is 0 Å². The largest absolute Gasteiger partial charge is 0.376 e. The average Bonchev–Trinajstić information content (AvgIpc) is 2.93. The number of ether oxygens (including phenoxy) is 1. The summed E-state index contributed by atoms with van der Waals surface area (Å²) < 4.78 is 18.2. The molecule has 1 fully saturated rings. The van der Waals surface area contributed by atoms with Crippen LogP contribution in [0.25, 0.3) is 0 Å². The second-order valence-corrected chi connectivity index (χ2v) is 5.12. The van der Waals surface area contributed by atoms with Gasteiger partial charge in [0.2, 0.25) is 0 Å². The lowest BCUT2D eigenvalue weighted by atomic mass is 10.1. The number of likely N-dealkylation sites (N-methyl/N-ethyl adjacent to an activating group) is 1. The smallest absolute Gasteiger partial charge is 0.317 e. The van der Waals surface area contributed by atoms with Crippen molar-refractivity contribution in [3.05, 3.63) is 35.6 Å². The Kier molecular flexibility index (Phi) is 5.35. The van der Waals surface area contributed by atoms with Gasteiger partial charge in [-0.25, -0.2) is 9.18 Å². The number of hydrogen-bond donors (Lipinski definition) is 1. The molecule has 20 heavy (non-hydrogen) atoms. The van der Waals surface area contributed by atoms with Crippen molar-refractivity contribution >= 4 is 6.03 Å². The monoisotopic (exact) mass is 280 g/mol. The number of hydrogen-bond acceptors (Lipinski definition) is 2. The topological polar surface area (TPSA) is 41.6 Å². The maximum absolute atomic E-state index is 12.7. The third kappa shape index (κ3) is 4.49. The SMILES string of the molecule is CN(C[C@H]1CCCO1)C(=O)NCCc1ccc(F)cc1. The number of amides is 2. The predicted molar refractivity (Wildman–Crippen MR) is 75.1 cm³/mol. The maximum atomic E-state index is 12.7. The van der Waals surface area contributed by atoms with Crippen LogP contribution in [0.5, 0.6) is 0 Å². The number of nitrogens with one attached hydrogen (secondary N) is 1. The molecular formula is C15H21FN2O2. The van der Waals surface area contributed by atoms with Crippen molar-refractivity contribution in [2.24, 2.45) is 0 Å². The molecule has 5 heteroatoms. The van der Waals surface area contributed by atoms with E-state index in [1.54, 1.807) is 24.1 Å². The molecule has 1 aromatic rings. The van der Waals surface area contributed by atoms with E-state index in [9.17, 15) is 9.18 Å². The van der Waals surface area contributed by atoms with Gasteiger partial charge < -0.3 is 15.0 Å². The molecule has 1 aromatic carbocycles. The molecule has 2 rings (SSSR count). The molecule has 1 aliphatic rings. The lowest BCUT2D eigenvalue weighted by Crippen LogP contribution is -2.41. The summed E-state index contributed by atoms with van der Waals surface area (Å²) in [6, 6.07) is 6.24. The summed E-state index contributed by atoms with van der Waals surface area (Å²) in [5.41, 5.74) is 1.01. The number of carbonyl (C=O) groups excluding carboxylic acids is 1. The summed E-state index contributed by atoms with van der Waals surface area (Å²) >= 11 is 0. The normalized spacial score (nSPS) is 18.0. The molecule has 110 valence electrons. The second kappa shape index (κ2) is 7.24. The molecule has 1 heterocycles. The summed E-state index contributed by atoms with van der Waals surface area (Å²) in [6.45, 7) is 1.97. The van der Waals surface area contributed by atoms with E-state index >= 15 is 0 Å². The van der Waals surface area contributed by atoms with E-state index in [-0.39, 0.29) is 18.0 Å². The highest BCUT2D eigenvalue weighted by Crippen LogP contribution is 2.12. The Labute approximate surface area is 118 Å². The van der Waals surface area contributed by atoms with E-state index in [0.717, 1.165) is 25.0 Å². The summed E-state index contributed by atoms with van der Waals surface area (Å²) in [6.07, 6.45) is 2.96. The van der Waals surface area contributed by atoms with Crippen LogP contribution in [0, 0.1) is 5.82 Å². The Morgan fingerprint density at radius 2 is 2.20 bits per heavy atom. The third-order valence-electron chi connectivity index (χ3n) is 3.45. The molecule has 0 spiro atoms. The Bertz CT molecular complexity index is 430. The fraction of sp³-hybridized carbons (Fsp3) is 0.533. The first kappa shape index (κ1) is 14.8. The molecule has 0 aliphatic carbocycles. The van der Waals surface area contributed by atoms with Gasteiger partial charge in [0, 0.05) is 26.7 Å². The van der Waals surface area contributed by atoms with Gasteiger partial charge in [0.05, 0.1) is 6.10 Å². The van der Waals surface area contributed by atoms with Gasteiger partial charge >= 0.3 is 6.03 Å². The molecule has 4 nitrogen and oxygen atoms in total. The molecule has 0 saturated carbocycles. The zero-order valence-corrected chi connectivity index (χ0v) is 11.8. The van der Waals surface area contributed by atoms with E-state index in [0.29, 0.717) is 19.5 Å². The number of rotatable bonds is 5. The molecule has 0 radical (unpaired) electrons. The maximum Gasteiger partial charge on any atom is 0.317 e. The van der Waals surface area contributed by atoms with Gasteiger partial charge in [-0.2, -0.15) is 0 Å². The Hall–Kier alpha value is -1.62. The molecule has 0 aromatic heterocycles. The number of halogens is 1. The first-order chi connectivity index (χ1) is 9.65. The van der Waals surface area contributed by atoms with E-state index in [2.05, 4.69) is 5.32 Å². The van der Waals surface area contributed by atoms with Gasteiger partial charge in [-0.05, 0) is 37.0 Å². The molecule has 1 atom stereocenters. The van der Waals surface area contributed by atoms with Crippen LogP contribution in [0.4, 0.5) is 9.18 Å². The predicted octanol–water partition coefficient (Wildman–Crippen LogP) is 2.19. The first-order valence-electron chi connectivity index (χ1n) is 7.00. The van der Waals surface area contributed by atoms with Gasteiger partial charge in [-0.15, -0.1) is 0 Å². The summed E-state index contributed by atoms with van der Waals surface area (Å²) in [7, 11) is 1.77. The summed E-state index contributed by atoms with van der Waals surface area (Å²) in [5.74, 6) is -0.242. The fourth-order valence-corrected chi connectivity index (χ4v) is 2.28. The zero-order valence-electron chi connectivity index (χ0n) is 11.8. The third-order valence-corrected chi connectivity index (χ3v) is 3.45. The minimum Gasteiger partial charge on any atom is -0.376 e. The van der Waals surface area contributed by atoms with Crippen molar-refractivity contribution in [1.82, 2.24) is 10.2 Å². The van der Waals surface area contributed by atoms with Gasteiger partial charge in [0.15, 0.2) is 0 Å². The fourth-order valence-electron chi connectivity index (χ4n) is 2.28. The summed E-state index contributed by atoms with van der Waals surface area (Å²) in [5, 5.41) is 2.86. The lowest BCUT2D eigenvalue weighted by molar-refractivity contribution is 0.0875. The standard InChI is InChI=1S/C15H21FN2O2/c1-18(11-14-3-2-10-20-14)15(19)17-9-8-12-4-6-13(16)7-5-12/h4-7,14H,2-3,8-11H2,1H3,(H,17,19)/t14-/m1/s1. The van der Waals surface area contributed by atoms with Crippen LogP contribution in [-0.4, -0.2) is 43.8 Å². The van der Waals surface area contributed by atoms with Gasteiger partial charge in [-0.3, -0.25) is 0 Å². The highest BCUT2D eigenvalue weighted by molar-refractivity contribution is 5.73. The quantitative estimate of drug-likeness (QED) is 0.898. The lowest BCUT2D eigenvalue weighted by Gasteiger charge is -2.21.